The van der Waals surface area contributed by atoms with E-state index < -0.39 is 0 Å². The van der Waals surface area contributed by atoms with Crippen LogP contribution in [0.3, 0.4) is 0 Å². The summed E-state index contributed by atoms with van der Waals surface area (Å²) in [5.74, 6) is 0. The van der Waals surface area contributed by atoms with Gasteiger partial charge in [0.1, 0.15) is 0 Å². The molecule has 4 nitrogen and oxygen atoms in total. The van der Waals surface area contributed by atoms with E-state index >= 15 is 0 Å². The molecule has 2 rings (SSSR count). The van der Waals surface area contributed by atoms with Crippen molar-refractivity contribution in [2.75, 3.05) is 45.9 Å². The molecule has 0 amide bonds. The van der Waals surface area contributed by atoms with Crippen molar-refractivity contribution in [3.8, 4) is 0 Å². The lowest BCUT2D eigenvalue weighted by Crippen LogP contribution is -2.42. The highest BCUT2D eigenvalue weighted by atomic mass is 16.5. The standard InChI is InChI=1S/C9H16N3O/c1-2-10-12(3-1)5-4-11-6-8-13-9-7-11/h3,10H,2,4-9H2. The summed E-state index contributed by atoms with van der Waals surface area (Å²) in [6.07, 6.45) is 5.09. The van der Waals surface area contributed by atoms with Crippen molar-refractivity contribution in [1.29, 1.82) is 0 Å². The van der Waals surface area contributed by atoms with Crippen molar-refractivity contribution in [2.45, 2.75) is 0 Å². The Kier molecular flexibility index (Phi) is 3.18. The van der Waals surface area contributed by atoms with Gasteiger partial charge in [0.05, 0.1) is 13.2 Å². The van der Waals surface area contributed by atoms with Gasteiger partial charge in [-0.1, -0.05) is 0 Å². The van der Waals surface area contributed by atoms with Gasteiger partial charge in [0.2, 0.25) is 0 Å². The lowest BCUT2D eigenvalue weighted by molar-refractivity contribution is 0.0340. The van der Waals surface area contributed by atoms with Gasteiger partial charge in [0, 0.05) is 38.9 Å². The third kappa shape index (κ3) is 2.69. The lowest BCUT2D eigenvalue weighted by Gasteiger charge is -2.28. The van der Waals surface area contributed by atoms with Crippen LogP contribution in [0.5, 0.6) is 0 Å². The largest absolute Gasteiger partial charge is 0.379 e. The van der Waals surface area contributed by atoms with Crippen LogP contribution in [0.2, 0.25) is 0 Å². The molecule has 0 atom stereocenters. The Morgan fingerprint density at radius 2 is 2.15 bits per heavy atom. The molecule has 2 aliphatic heterocycles. The van der Waals surface area contributed by atoms with E-state index in [1.54, 1.807) is 0 Å². The molecule has 2 aliphatic rings. The summed E-state index contributed by atoms with van der Waals surface area (Å²) in [5, 5.41) is 2.09. The third-order valence-corrected chi connectivity index (χ3v) is 2.39. The molecule has 1 saturated heterocycles. The predicted molar refractivity (Wildman–Crippen MR) is 49.8 cm³/mol. The second kappa shape index (κ2) is 4.60. The maximum Gasteiger partial charge on any atom is 0.0594 e. The van der Waals surface area contributed by atoms with Crippen LogP contribution in [0.1, 0.15) is 0 Å². The quantitative estimate of drug-likeness (QED) is 0.634. The summed E-state index contributed by atoms with van der Waals surface area (Å²) in [7, 11) is 0. The van der Waals surface area contributed by atoms with E-state index in [0.29, 0.717) is 0 Å². The normalized spacial score (nSPS) is 24.2. The van der Waals surface area contributed by atoms with Gasteiger partial charge in [-0.3, -0.25) is 4.90 Å². The first-order valence-corrected chi connectivity index (χ1v) is 4.82. The van der Waals surface area contributed by atoms with Crippen molar-refractivity contribution in [2.24, 2.45) is 0 Å². The smallest absolute Gasteiger partial charge is 0.0594 e. The minimum Gasteiger partial charge on any atom is -0.379 e. The van der Waals surface area contributed by atoms with Crippen LogP contribution >= 0.6 is 0 Å². The van der Waals surface area contributed by atoms with Crippen molar-refractivity contribution >= 4 is 0 Å². The molecule has 13 heavy (non-hydrogen) atoms. The highest BCUT2D eigenvalue weighted by Crippen LogP contribution is 1.98. The first-order valence-electron chi connectivity index (χ1n) is 4.82. The summed E-state index contributed by atoms with van der Waals surface area (Å²) < 4.78 is 5.28. The zero-order chi connectivity index (χ0) is 8.93. The maximum absolute atomic E-state index is 5.28. The lowest BCUT2D eigenvalue weighted by atomic mass is 10.4. The Morgan fingerprint density at radius 1 is 1.31 bits per heavy atom. The molecule has 2 heterocycles. The topological polar surface area (TPSA) is 27.7 Å². The minimum absolute atomic E-state index is 0.850. The molecule has 1 N–H and O–H groups in total. The number of ether oxygens (including phenoxy) is 1. The molecule has 73 valence electrons. The van der Waals surface area contributed by atoms with E-state index in [1.807, 2.05) is 6.20 Å². The van der Waals surface area contributed by atoms with Gasteiger partial charge in [0.15, 0.2) is 0 Å². The van der Waals surface area contributed by atoms with Crippen LogP contribution < -0.4 is 5.43 Å². The second-order valence-electron chi connectivity index (χ2n) is 3.32. The SMILES string of the molecule is [C]1=CN(CCN2CCOCC2)NC1. The van der Waals surface area contributed by atoms with E-state index in [0.717, 1.165) is 45.9 Å². The minimum atomic E-state index is 0.850. The molecular formula is C9H16N3O. The van der Waals surface area contributed by atoms with Crippen molar-refractivity contribution < 1.29 is 4.74 Å². The van der Waals surface area contributed by atoms with Crippen LogP contribution in [0, 0.1) is 6.08 Å². The van der Waals surface area contributed by atoms with E-state index in [2.05, 4.69) is 21.4 Å². The zero-order valence-corrected chi connectivity index (χ0v) is 7.83. The Labute approximate surface area is 79.1 Å². The number of hydrogen-bond acceptors (Lipinski definition) is 4. The van der Waals surface area contributed by atoms with Gasteiger partial charge in [-0.2, -0.15) is 0 Å². The van der Waals surface area contributed by atoms with Gasteiger partial charge in [-0.15, -0.1) is 0 Å². The Hall–Kier alpha value is -0.580. The zero-order valence-electron chi connectivity index (χ0n) is 7.83. The van der Waals surface area contributed by atoms with Crippen LogP contribution in [0.4, 0.5) is 0 Å². The molecule has 1 radical (unpaired) electrons. The number of morpholine rings is 1. The van der Waals surface area contributed by atoms with Gasteiger partial charge in [-0.05, 0) is 6.08 Å². The highest BCUT2D eigenvalue weighted by Gasteiger charge is 2.11. The fraction of sp³-hybridized carbons (Fsp3) is 0.778. The number of hydrazine groups is 1. The Balaban J connectivity index is 1.63. The van der Waals surface area contributed by atoms with Crippen LogP contribution in [-0.2, 0) is 4.74 Å². The number of rotatable bonds is 3. The Bertz CT molecular complexity index is 178. The Morgan fingerprint density at radius 3 is 2.85 bits per heavy atom. The molecule has 0 unspecified atom stereocenters. The van der Waals surface area contributed by atoms with E-state index in [1.165, 1.54) is 0 Å². The van der Waals surface area contributed by atoms with Crippen LogP contribution in [0.15, 0.2) is 6.20 Å². The van der Waals surface area contributed by atoms with Gasteiger partial charge < -0.3 is 9.75 Å². The number of nitrogens with zero attached hydrogens (tertiary/aromatic N) is 2. The van der Waals surface area contributed by atoms with Crippen molar-refractivity contribution in [1.82, 2.24) is 15.3 Å². The van der Waals surface area contributed by atoms with Crippen LogP contribution in [-0.4, -0.2) is 55.8 Å². The summed E-state index contributed by atoms with van der Waals surface area (Å²) in [4.78, 5) is 2.43. The van der Waals surface area contributed by atoms with Gasteiger partial charge >= 0.3 is 0 Å². The highest BCUT2D eigenvalue weighted by molar-refractivity contribution is 4.82. The summed E-state index contributed by atoms with van der Waals surface area (Å²) in [6, 6.07) is 0. The summed E-state index contributed by atoms with van der Waals surface area (Å²) >= 11 is 0. The fourth-order valence-corrected chi connectivity index (χ4v) is 1.57. The van der Waals surface area contributed by atoms with Crippen molar-refractivity contribution in [3.63, 3.8) is 0 Å². The molecule has 0 aliphatic carbocycles. The monoisotopic (exact) mass is 182 g/mol. The molecule has 0 saturated carbocycles. The molecule has 4 heteroatoms. The maximum atomic E-state index is 5.28. The van der Waals surface area contributed by atoms with E-state index in [4.69, 9.17) is 4.74 Å². The summed E-state index contributed by atoms with van der Waals surface area (Å²) in [5.41, 5.74) is 3.20. The number of hydrogen-bond donors (Lipinski definition) is 1. The van der Waals surface area contributed by atoms with E-state index in [9.17, 15) is 0 Å². The van der Waals surface area contributed by atoms with E-state index in [-0.39, 0.29) is 0 Å². The average molecular weight is 182 g/mol. The molecule has 1 fully saturated rings. The fourth-order valence-electron chi connectivity index (χ4n) is 1.57. The second-order valence-corrected chi connectivity index (χ2v) is 3.32. The molecular weight excluding hydrogens is 166 g/mol. The summed E-state index contributed by atoms with van der Waals surface area (Å²) in [6.45, 7) is 6.90. The number of nitrogens with one attached hydrogen (secondary N) is 1. The van der Waals surface area contributed by atoms with Crippen molar-refractivity contribution in [3.05, 3.63) is 12.3 Å². The molecule has 0 spiro atoms. The first kappa shape index (κ1) is 8.99. The molecule has 0 aromatic rings. The van der Waals surface area contributed by atoms with Gasteiger partial charge in [-0.25, -0.2) is 5.43 Å². The predicted octanol–water partition coefficient (Wildman–Crippen LogP) is -0.544. The molecule has 0 bridgehead atoms. The van der Waals surface area contributed by atoms with Gasteiger partial charge in [0.25, 0.3) is 0 Å². The first-order chi connectivity index (χ1) is 6.45. The average Bonchev–Trinajstić information content (AvgIpc) is 2.69. The third-order valence-electron chi connectivity index (χ3n) is 2.39. The molecule has 0 aromatic carbocycles. The molecule has 0 aromatic heterocycles. The van der Waals surface area contributed by atoms with Crippen LogP contribution in [0.25, 0.3) is 0 Å².